The van der Waals surface area contributed by atoms with Crippen molar-refractivity contribution in [2.75, 3.05) is 19.6 Å². The summed E-state index contributed by atoms with van der Waals surface area (Å²) >= 11 is 0. The van der Waals surface area contributed by atoms with Crippen LogP contribution in [0.25, 0.3) is 0 Å². The van der Waals surface area contributed by atoms with Crippen LogP contribution in [0.5, 0.6) is 0 Å². The van der Waals surface area contributed by atoms with Gasteiger partial charge in [0.1, 0.15) is 0 Å². The molecule has 0 aromatic heterocycles. The highest BCUT2D eigenvalue weighted by Gasteiger charge is 2.44. The topological polar surface area (TPSA) is 29.3 Å². The van der Waals surface area contributed by atoms with Gasteiger partial charge in [0, 0.05) is 19.1 Å². The molecule has 3 atom stereocenters. The maximum absolute atomic E-state index is 5.85. The third kappa shape index (κ3) is 0.789. The smallest absolute Gasteiger partial charge is 0.00857 e. The second kappa shape index (κ2) is 2.21. The zero-order valence-electron chi connectivity index (χ0n) is 6.59. The predicted molar refractivity (Wildman–Crippen MR) is 41.7 cm³/mol. The highest BCUT2D eigenvalue weighted by molar-refractivity contribution is 4.99. The number of nitrogens with zero attached hydrogens (tertiary/aromatic N) is 1. The summed E-state index contributed by atoms with van der Waals surface area (Å²) in [5, 5.41) is 0. The summed E-state index contributed by atoms with van der Waals surface area (Å²) in [7, 11) is 0. The van der Waals surface area contributed by atoms with Gasteiger partial charge in [-0.25, -0.2) is 0 Å². The summed E-state index contributed by atoms with van der Waals surface area (Å²) in [5.74, 6) is 1.80. The minimum absolute atomic E-state index is 0.529. The lowest BCUT2D eigenvalue weighted by atomic mass is 9.72. The molecular formula is C8H16N2. The van der Waals surface area contributed by atoms with Gasteiger partial charge in [-0.1, -0.05) is 6.92 Å². The molecule has 1 heterocycles. The lowest BCUT2D eigenvalue weighted by molar-refractivity contribution is 0.194. The zero-order chi connectivity index (χ0) is 7.14. The molecule has 0 bridgehead atoms. The minimum Gasteiger partial charge on any atom is -0.327 e. The molecule has 0 spiro atoms. The monoisotopic (exact) mass is 140 g/mol. The molecule has 2 fully saturated rings. The van der Waals surface area contributed by atoms with E-state index in [2.05, 4.69) is 11.8 Å². The van der Waals surface area contributed by atoms with Crippen molar-refractivity contribution in [1.29, 1.82) is 0 Å². The largest absolute Gasteiger partial charge is 0.327 e. The van der Waals surface area contributed by atoms with Crippen LogP contribution < -0.4 is 5.73 Å². The Hall–Kier alpha value is -0.0800. The van der Waals surface area contributed by atoms with Crippen LogP contribution in [0.4, 0.5) is 0 Å². The van der Waals surface area contributed by atoms with Crippen LogP contribution in [-0.2, 0) is 0 Å². The lowest BCUT2D eigenvalue weighted by Crippen LogP contribution is -2.46. The van der Waals surface area contributed by atoms with Crippen molar-refractivity contribution in [2.24, 2.45) is 17.6 Å². The first-order valence-electron chi connectivity index (χ1n) is 4.29. The molecule has 2 rings (SSSR count). The SMILES string of the molecule is CCN1CC2C[C@@H](N)C2C1. The van der Waals surface area contributed by atoms with Crippen molar-refractivity contribution in [3.8, 4) is 0 Å². The Morgan fingerprint density at radius 3 is 2.80 bits per heavy atom. The first kappa shape index (κ1) is 6.62. The first-order valence-corrected chi connectivity index (χ1v) is 4.29. The fourth-order valence-corrected chi connectivity index (χ4v) is 2.31. The number of hydrogen-bond donors (Lipinski definition) is 1. The van der Waals surface area contributed by atoms with Crippen LogP contribution >= 0.6 is 0 Å². The molecule has 0 aromatic carbocycles. The lowest BCUT2D eigenvalue weighted by Gasteiger charge is -2.36. The van der Waals surface area contributed by atoms with Crippen LogP contribution in [-0.4, -0.2) is 30.6 Å². The summed E-state index contributed by atoms with van der Waals surface area (Å²) in [6.45, 7) is 6.02. The van der Waals surface area contributed by atoms with E-state index >= 15 is 0 Å². The summed E-state index contributed by atoms with van der Waals surface area (Å²) in [6, 6.07) is 0.529. The third-order valence-electron chi connectivity index (χ3n) is 3.14. The Morgan fingerprint density at radius 1 is 1.50 bits per heavy atom. The molecule has 2 heteroatoms. The molecule has 10 heavy (non-hydrogen) atoms. The number of rotatable bonds is 1. The zero-order valence-corrected chi connectivity index (χ0v) is 6.59. The molecule has 1 saturated heterocycles. The van der Waals surface area contributed by atoms with Crippen LogP contribution in [0.3, 0.4) is 0 Å². The van der Waals surface area contributed by atoms with Gasteiger partial charge < -0.3 is 10.6 Å². The molecule has 0 amide bonds. The Kier molecular flexibility index (Phi) is 1.46. The Bertz CT molecular complexity index is 135. The van der Waals surface area contributed by atoms with Gasteiger partial charge in [-0.3, -0.25) is 0 Å². The maximum Gasteiger partial charge on any atom is 0.00857 e. The molecular weight excluding hydrogens is 124 g/mol. The van der Waals surface area contributed by atoms with Crippen LogP contribution in [0, 0.1) is 11.8 Å². The van der Waals surface area contributed by atoms with E-state index in [0.29, 0.717) is 6.04 Å². The van der Waals surface area contributed by atoms with Crippen molar-refractivity contribution in [3.63, 3.8) is 0 Å². The number of nitrogens with two attached hydrogens (primary N) is 1. The Morgan fingerprint density at radius 2 is 2.30 bits per heavy atom. The average Bonchev–Trinajstić information content (AvgIpc) is 2.26. The fourth-order valence-electron chi connectivity index (χ4n) is 2.31. The molecule has 0 aromatic rings. The summed E-state index contributed by atoms with van der Waals surface area (Å²) < 4.78 is 0. The Labute approximate surface area is 62.4 Å². The van der Waals surface area contributed by atoms with Crippen molar-refractivity contribution in [1.82, 2.24) is 4.90 Å². The van der Waals surface area contributed by atoms with E-state index in [1.54, 1.807) is 0 Å². The quantitative estimate of drug-likeness (QED) is 0.567. The van der Waals surface area contributed by atoms with Gasteiger partial charge in [0.25, 0.3) is 0 Å². The highest BCUT2D eigenvalue weighted by atomic mass is 15.2. The summed E-state index contributed by atoms with van der Waals surface area (Å²) in [4.78, 5) is 2.52. The van der Waals surface area contributed by atoms with E-state index in [4.69, 9.17) is 5.73 Å². The Balaban J connectivity index is 1.93. The normalized spacial score (nSPS) is 46.8. The second-order valence-electron chi connectivity index (χ2n) is 3.68. The average molecular weight is 140 g/mol. The highest BCUT2D eigenvalue weighted by Crippen LogP contribution is 2.39. The van der Waals surface area contributed by atoms with E-state index < -0.39 is 0 Å². The van der Waals surface area contributed by atoms with Crippen LogP contribution in [0.1, 0.15) is 13.3 Å². The van der Waals surface area contributed by atoms with Crippen LogP contribution in [0.2, 0.25) is 0 Å². The molecule has 2 nitrogen and oxygen atoms in total. The maximum atomic E-state index is 5.85. The van der Waals surface area contributed by atoms with E-state index in [-0.39, 0.29) is 0 Å². The number of fused-ring (bicyclic) bond motifs is 1. The molecule has 1 saturated carbocycles. The van der Waals surface area contributed by atoms with Crippen molar-refractivity contribution < 1.29 is 0 Å². The minimum atomic E-state index is 0.529. The molecule has 1 aliphatic heterocycles. The molecule has 2 aliphatic rings. The van der Waals surface area contributed by atoms with Gasteiger partial charge in [0.2, 0.25) is 0 Å². The second-order valence-corrected chi connectivity index (χ2v) is 3.68. The number of hydrogen-bond acceptors (Lipinski definition) is 2. The summed E-state index contributed by atoms with van der Waals surface area (Å²) in [5.41, 5.74) is 5.85. The summed E-state index contributed by atoms with van der Waals surface area (Å²) in [6.07, 6.45) is 1.28. The van der Waals surface area contributed by atoms with Gasteiger partial charge in [-0.2, -0.15) is 0 Å². The third-order valence-corrected chi connectivity index (χ3v) is 3.14. The van der Waals surface area contributed by atoms with E-state index in [9.17, 15) is 0 Å². The van der Waals surface area contributed by atoms with E-state index in [1.807, 2.05) is 0 Å². The first-order chi connectivity index (χ1) is 4.81. The molecule has 0 radical (unpaired) electrons. The molecule has 1 aliphatic carbocycles. The van der Waals surface area contributed by atoms with Gasteiger partial charge in [0.15, 0.2) is 0 Å². The molecule has 2 unspecified atom stereocenters. The van der Waals surface area contributed by atoms with Crippen molar-refractivity contribution in [2.45, 2.75) is 19.4 Å². The van der Waals surface area contributed by atoms with Crippen molar-refractivity contribution >= 4 is 0 Å². The van der Waals surface area contributed by atoms with Crippen molar-refractivity contribution in [3.05, 3.63) is 0 Å². The standard InChI is InChI=1S/C8H16N2/c1-2-10-4-6-3-8(9)7(6)5-10/h6-8H,2-5,9H2,1H3/t6?,7?,8-/m1/s1. The van der Waals surface area contributed by atoms with Gasteiger partial charge in [-0.05, 0) is 24.8 Å². The van der Waals surface area contributed by atoms with Crippen LogP contribution in [0.15, 0.2) is 0 Å². The van der Waals surface area contributed by atoms with Gasteiger partial charge >= 0.3 is 0 Å². The van der Waals surface area contributed by atoms with Gasteiger partial charge in [-0.15, -0.1) is 0 Å². The molecule has 58 valence electrons. The van der Waals surface area contributed by atoms with E-state index in [0.717, 1.165) is 11.8 Å². The van der Waals surface area contributed by atoms with E-state index in [1.165, 1.54) is 26.1 Å². The predicted octanol–water partition coefficient (Wildman–Crippen LogP) is 0.285. The molecule has 2 N–H and O–H groups in total. The van der Waals surface area contributed by atoms with Gasteiger partial charge in [0.05, 0.1) is 0 Å². The number of likely N-dealkylation sites (tertiary alicyclic amines) is 1. The fraction of sp³-hybridized carbons (Fsp3) is 1.00.